The molecule has 0 aromatic carbocycles. The zero-order valence-corrected chi connectivity index (χ0v) is 10.1. The summed E-state index contributed by atoms with van der Waals surface area (Å²) in [6.07, 6.45) is 1.95. The van der Waals surface area contributed by atoms with Gasteiger partial charge in [-0.15, -0.1) is 0 Å². The fourth-order valence-corrected chi connectivity index (χ4v) is 1.32. The van der Waals surface area contributed by atoms with Gasteiger partial charge in [-0.3, -0.25) is 9.63 Å². The van der Waals surface area contributed by atoms with E-state index in [0.717, 1.165) is 25.7 Å². The molecule has 102 valence electrons. The van der Waals surface area contributed by atoms with Gasteiger partial charge in [0, 0.05) is 6.42 Å². The van der Waals surface area contributed by atoms with Crippen LogP contribution in [-0.2, 0) is 9.63 Å². The van der Waals surface area contributed by atoms with E-state index in [-0.39, 0.29) is 6.42 Å². The third-order valence-corrected chi connectivity index (χ3v) is 2.18. The molecule has 0 aromatic heterocycles. The minimum atomic E-state index is -4.41. The van der Waals surface area contributed by atoms with Gasteiger partial charge in [0.05, 0.1) is 0 Å². The molecule has 0 unspecified atom stereocenters. The molecule has 1 N–H and O–H groups in total. The highest BCUT2D eigenvalue weighted by Crippen LogP contribution is 2.13. The number of hydrogen-bond donors (Lipinski definition) is 1. The molecule has 0 aliphatic heterocycles. The average Bonchev–Trinajstić information content (AvgIpc) is 2.21. The molecule has 0 saturated carbocycles. The second-order valence-corrected chi connectivity index (χ2v) is 3.95. The van der Waals surface area contributed by atoms with Crippen LogP contribution >= 0.6 is 0 Å². The average molecular weight is 255 g/mol. The molecule has 0 rings (SSSR count). The van der Waals surface area contributed by atoms with Crippen LogP contribution in [0.3, 0.4) is 0 Å². The summed E-state index contributed by atoms with van der Waals surface area (Å²) >= 11 is 0. The van der Waals surface area contributed by atoms with Crippen LogP contribution in [0.4, 0.5) is 13.2 Å². The lowest BCUT2D eigenvalue weighted by Gasteiger charge is -2.08. The fourth-order valence-electron chi connectivity index (χ4n) is 1.32. The molecule has 6 heteroatoms. The highest BCUT2D eigenvalue weighted by molar-refractivity contribution is 5.74. The Morgan fingerprint density at radius 3 is 2.29 bits per heavy atom. The number of nitrogens with one attached hydrogen (secondary N) is 1. The number of hydrogen-bond acceptors (Lipinski definition) is 2. The van der Waals surface area contributed by atoms with Crippen molar-refractivity contribution in [2.75, 3.05) is 6.61 Å². The lowest BCUT2D eigenvalue weighted by molar-refractivity contribution is -0.191. The molecule has 0 fully saturated rings. The quantitative estimate of drug-likeness (QED) is 0.507. The third-order valence-electron chi connectivity index (χ3n) is 2.18. The van der Waals surface area contributed by atoms with E-state index in [1.165, 1.54) is 6.42 Å². The van der Waals surface area contributed by atoms with Gasteiger partial charge in [-0.05, 0) is 6.42 Å². The largest absolute Gasteiger partial charge is 0.414 e. The number of amides is 1. The number of alkyl halides is 3. The normalized spacial score (nSPS) is 11.5. The standard InChI is InChI=1S/C11H20F3NO2/c1-2-3-4-5-6-7-8-10(16)15-17-9-11(12,13)14/h2-9H2,1H3,(H,15,16). The van der Waals surface area contributed by atoms with Crippen LogP contribution in [0.15, 0.2) is 0 Å². The Balaban J connectivity index is 3.29. The zero-order chi connectivity index (χ0) is 13.1. The Kier molecular flexibility index (Phi) is 8.85. The summed E-state index contributed by atoms with van der Waals surface area (Å²) in [4.78, 5) is 15.0. The van der Waals surface area contributed by atoms with E-state index in [0.29, 0.717) is 6.42 Å². The topological polar surface area (TPSA) is 38.3 Å². The van der Waals surface area contributed by atoms with E-state index in [1.54, 1.807) is 5.48 Å². The van der Waals surface area contributed by atoms with Crippen molar-refractivity contribution in [3.05, 3.63) is 0 Å². The number of carbonyl (C=O) groups is 1. The number of halogens is 3. The molecule has 17 heavy (non-hydrogen) atoms. The minimum absolute atomic E-state index is 0.212. The molecule has 0 heterocycles. The maximum Gasteiger partial charge on any atom is 0.414 e. The van der Waals surface area contributed by atoms with Crippen LogP contribution < -0.4 is 5.48 Å². The van der Waals surface area contributed by atoms with Crippen molar-refractivity contribution < 1.29 is 22.8 Å². The highest BCUT2D eigenvalue weighted by atomic mass is 19.4. The van der Waals surface area contributed by atoms with Crippen molar-refractivity contribution in [3.63, 3.8) is 0 Å². The van der Waals surface area contributed by atoms with Crippen LogP contribution in [0.1, 0.15) is 51.9 Å². The van der Waals surface area contributed by atoms with Gasteiger partial charge in [0.15, 0.2) is 6.61 Å². The predicted molar refractivity (Wildman–Crippen MR) is 58.1 cm³/mol. The Morgan fingerprint density at radius 2 is 1.71 bits per heavy atom. The number of rotatable bonds is 9. The maximum absolute atomic E-state index is 11.7. The summed E-state index contributed by atoms with van der Waals surface area (Å²) in [5.41, 5.74) is 1.78. The van der Waals surface area contributed by atoms with Gasteiger partial charge < -0.3 is 0 Å². The van der Waals surface area contributed by atoms with Crippen molar-refractivity contribution in [2.24, 2.45) is 0 Å². The first-order valence-corrected chi connectivity index (χ1v) is 5.93. The van der Waals surface area contributed by atoms with E-state index >= 15 is 0 Å². The highest BCUT2D eigenvalue weighted by Gasteiger charge is 2.28. The molecular formula is C11H20F3NO2. The van der Waals surface area contributed by atoms with Crippen molar-refractivity contribution in [1.29, 1.82) is 0 Å². The summed E-state index contributed by atoms with van der Waals surface area (Å²) in [5, 5.41) is 0. The minimum Gasteiger partial charge on any atom is -0.273 e. The molecule has 0 aliphatic rings. The van der Waals surface area contributed by atoms with Gasteiger partial charge >= 0.3 is 6.18 Å². The summed E-state index contributed by atoms with van der Waals surface area (Å²) in [5.74, 6) is -0.496. The third kappa shape index (κ3) is 13.2. The summed E-state index contributed by atoms with van der Waals surface area (Å²) < 4.78 is 35.0. The van der Waals surface area contributed by atoms with E-state index in [4.69, 9.17) is 0 Å². The van der Waals surface area contributed by atoms with Crippen molar-refractivity contribution >= 4 is 5.91 Å². The molecule has 1 amide bonds. The SMILES string of the molecule is CCCCCCCCC(=O)NOCC(F)(F)F. The lowest BCUT2D eigenvalue weighted by Crippen LogP contribution is -2.29. The Labute approximate surface area is 99.7 Å². The van der Waals surface area contributed by atoms with Crippen LogP contribution in [0.5, 0.6) is 0 Å². The van der Waals surface area contributed by atoms with Crippen LogP contribution in [-0.4, -0.2) is 18.7 Å². The molecule has 0 saturated heterocycles. The number of carbonyl (C=O) groups excluding carboxylic acids is 1. The molecule has 0 aliphatic carbocycles. The summed E-state index contributed by atoms with van der Waals surface area (Å²) in [7, 11) is 0. The van der Waals surface area contributed by atoms with Crippen LogP contribution in [0, 0.1) is 0 Å². The fraction of sp³-hybridized carbons (Fsp3) is 0.909. The molecule has 0 radical (unpaired) electrons. The van der Waals surface area contributed by atoms with Crippen LogP contribution in [0.25, 0.3) is 0 Å². The molecule has 3 nitrogen and oxygen atoms in total. The molecule has 0 atom stereocenters. The smallest absolute Gasteiger partial charge is 0.273 e. The van der Waals surface area contributed by atoms with Gasteiger partial charge in [-0.25, -0.2) is 5.48 Å². The van der Waals surface area contributed by atoms with Gasteiger partial charge in [-0.1, -0.05) is 39.0 Å². The van der Waals surface area contributed by atoms with E-state index in [2.05, 4.69) is 11.8 Å². The molecule has 0 aromatic rings. The van der Waals surface area contributed by atoms with Crippen molar-refractivity contribution in [3.8, 4) is 0 Å². The first kappa shape index (κ1) is 16.2. The molecule has 0 spiro atoms. The first-order valence-electron chi connectivity index (χ1n) is 5.93. The van der Waals surface area contributed by atoms with Gasteiger partial charge in [-0.2, -0.15) is 13.2 Å². The Bertz CT molecular complexity index is 207. The lowest BCUT2D eigenvalue weighted by atomic mass is 10.1. The van der Waals surface area contributed by atoms with E-state index < -0.39 is 18.7 Å². The zero-order valence-electron chi connectivity index (χ0n) is 10.1. The maximum atomic E-state index is 11.7. The predicted octanol–water partition coefficient (Wildman–Crippen LogP) is 3.35. The molecule has 0 bridgehead atoms. The Hall–Kier alpha value is -0.780. The number of hydroxylamine groups is 1. The van der Waals surface area contributed by atoms with Crippen molar-refractivity contribution in [1.82, 2.24) is 5.48 Å². The summed E-state index contributed by atoms with van der Waals surface area (Å²) in [6.45, 7) is 0.667. The Morgan fingerprint density at radius 1 is 1.12 bits per heavy atom. The monoisotopic (exact) mass is 255 g/mol. The van der Waals surface area contributed by atoms with Gasteiger partial charge in [0.25, 0.3) is 0 Å². The second-order valence-electron chi connectivity index (χ2n) is 3.95. The van der Waals surface area contributed by atoms with Crippen LogP contribution in [0.2, 0.25) is 0 Å². The van der Waals surface area contributed by atoms with E-state index in [1.807, 2.05) is 0 Å². The number of unbranched alkanes of at least 4 members (excludes halogenated alkanes) is 5. The first-order chi connectivity index (χ1) is 7.95. The second kappa shape index (κ2) is 9.27. The van der Waals surface area contributed by atoms with Gasteiger partial charge in [0.2, 0.25) is 5.91 Å². The summed E-state index contributed by atoms with van der Waals surface area (Å²) in [6, 6.07) is 0. The van der Waals surface area contributed by atoms with E-state index in [9.17, 15) is 18.0 Å². The molecular weight excluding hydrogens is 235 g/mol. The van der Waals surface area contributed by atoms with Gasteiger partial charge in [0.1, 0.15) is 0 Å². The van der Waals surface area contributed by atoms with Crippen molar-refractivity contribution in [2.45, 2.75) is 58.0 Å².